The average molecular weight is 320 g/mol. The number of ether oxygens (including phenoxy) is 2. The van der Waals surface area contributed by atoms with E-state index in [1.54, 1.807) is 13.2 Å². The maximum absolute atomic E-state index is 6.23. The number of rotatable bonds is 6. The van der Waals surface area contributed by atoms with Gasteiger partial charge in [0.15, 0.2) is 11.5 Å². The maximum atomic E-state index is 6.23. The molecule has 0 atom stereocenters. The smallest absolute Gasteiger partial charge is 0.180 e. The quantitative estimate of drug-likeness (QED) is 0.796. The first-order valence-corrected chi connectivity index (χ1v) is 6.60. The Bertz CT molecular complexity index is 442. The van der Waals surface area contributed by atoms with Gasteiger partial charge in [0.1, 0.15) is 6.61 Å². The zero-order chi connectivity index (χ0) is 14.5. The highest BCUT2D eigenvalue weighted by atomic mass is 35.5. The molecule has 0 saturated carbocycles. The fourth-order valence-electron chi connectivity index (χ4n) is 1.52. The van der Waals surface area contributed by atoms with E-state index in [1.165, 1.54) is 0 Å². The molecule has 114 valence electrons. The van der Waals surface area contributed by atoms with Crippen LogP contribution in [0.5, 0.6) is 11.5 Å². The van der Waals surface area contributed by atoms with Crippen LogP contribution in [0.3, 0.4) is 0 Å². The summed E-state index contributed by atoms with van der Waals surface area (Å²) in [6.45, 7) is 11.1. The summed E-state index contributed by atoms with van der Waals surface area (Å²) in [7, 11) is 1.60. The molecule has 0 heterocycles. The summed E-state index contributed by atoms with van der Waals surface area (Å²) in [5, 5.41) is 3.96. The van der Waals surface area contributed by atoms with Gasteiger partial charge in [0.2, 0.25) is 0 Å². The number of benzene rings is 1. The Labute approximate surface area is 132 Å². The van der Waals surface area contributed by atoms with Crippen LogP contribution in [-0.4, -0.2) is 19.3 Å². The molecule has 5 heteroatoms. The summed E-state index contributed by atoms with van der Waals surface area (Å²) in [5.74, 6) is 1.20. The molecule has 0 bridgehead atoms. The van der Waals surface area contributed by atoms with E-state index < -0.39 is 0 Å². The van der Waals surface area contributed by atoms with Crippen molar-refractivity contribution in [2.45, 2.75) is 32.9 Å². The lowest BCUT2D eigenvalue weighted by Gasteiger charge is -2.21. The second-order valence-corrected chi connectivity index (χ2v) is 5.72. The van der Waals surface area contributed by atoms with Crippen molar-refractivity contribution >= 4 is 24.0 Å². The van der Waals surface area contributed by atoms with Gasteiger partial charge in [-0.05, 0) is 38.5 Å². The van der Waals surface area contributed by atoms with Gasteiger partial charge in [0, 0.05) is 12.1 Å². The van der Waals surface area contributed by atoms with Crippen LogP contribution in [0, 0.1) is 0 Å². The maximum Gasteiger partial charge on any atom is 0.180 e. The van der Waals surface area contributed by atoms with Crippen LogP contribution in [0.4, 0.5) is 0 Å². The molecule has 0 unspecified atom stereocenters. The van der Waals surface area contributed by atoms with E-state index in [-0.39, 0.29) is 17.9 Å². The number of nitrogens with one attached hydrogen (secondary N) is 1. The monoisotopic (exact) mass is 319 g/mol. The Hall–Kier alpha value is -0.900. The standard InChI is InChI=1S/C15H22ClNO2.ClH/c1-6-7-19-14-12(16)8-11(9-13(14)18-5)10-17-15(2,3)4;/h6,8-9,17H,1,7,10H2,2-5H3;1H. The molecule has 1 aromatic carbocycles. The van der Waals surface area contributed by atoms with E-state index in [0.717, 1.165) is 12.1 Å². The molecule has 0 fully saturated rings. The molecular formula is C15H23Cl2NO2. The van der Waals surface area contributed by atoms with E-state index >= 15 is 0 Å². The van der Waals surface area contributed by atoms with Crippen LogP contribution >= 0.6 is 24.0 Å². The van der Waals surface area contributed by atoms with Gasteiger partial charge in [-0.2, -0.15) is 0 Å². The third-order valence-electron chi connectivity index (χ3n) is 2.46. The van der Waals surface area contributed by atoms with Crippen LogP contribution in [0.25, 0.3) is 0 Å². The highest BCUT2D eigenvalue weighted by molar-refractivity contribution is 6.32. The molecule has 0 radical (unpaired) electrons. The van der Waals surface area contributed by atoms with Gasteiger partial charge in [-0.15, -0.1) is 12.4 Å². The Balaban J connectivity index is 0.00000361. The summed E-state index contributed by atoms with van der Waals surface area (Å²) in [4.78, 5) is 0. The third kappa shape index (κ3) is 6.04. The summed E-state index contributed by atoms with van der Waals surface area (Å²) < 4.78 is 10.8. The Morgan fingerprint density at radius 2 is 2.00 bits per heavy atom. The van der Waals surface area contributed by atoms with Gasteiger partial charge in [-0.25, -0.2) is 0 Å². The van der Waals surface area contributed by atoms with Gasteiger partial charge in [0.05, 0.1) is 12.1 Å². The lowest BCUT2D eigenvalue weighted by Crippen LogP contribution is -2.35. The zero-order valence-electron chi connectivity index (χ0n) is 12.5. The van der Waals surface area contributed by atoms with Crippen LogP contribution in [0.2, 0.25) is 5.02 Å². The minimum absolute atomic E-state index is 0. The fraction of sp³-hybridized carbons (Fsp3) is 0.467. The van der Waals surface area contributed by atoms with Crippen molar-refractivity contribution < 1.29 is 9.47 Å². The first kappa shape index (κ1) is 19.1. The van der Waals surface area contributed by atoms with Crippen molar-refractivity contribution in [1.82, 2.24) is 5.32 Å². The van der Waals surface area contributed by atoms with Crippen LogP contribution in [0.15, 0.2) is 24.8 Å². The lowest BCUT2D eigenvalue weighted by molar-refractivity contribution is 0.326. The topological polar surface area (TPSA) is 30.5 Å². The number of halogens is 2. The molecule has 20 heavy (non-hydrogen) atoms. The average Bonchev–Trinajstić information content (AvgIpc) is 2.33. The summed E-state index contributed by atoms with van der Waals surface area (Å²) >= 11 is 6.23. The van der Waals surface area contributed by atoms with E-state index in [2.05, 4.69) is 32.7 Å². The molecule has 0 spiro atoms. The SMILES string of the molecule is C=CCOc1c(Cl)cc(CNC(C)(C)C)cc1OC.Cl. The van der Waals surface area contributed by atoms with E-state index in [1.807, 2.05) is 12.1 Å². The van der Waals surface area contributed by atoms with Crippen molar-refractivity contribution in [1.29, 1.82) is 0 Å². The molecule has 0 aliphatic heterocycles. The van der Waals surface area contributed by atoms with Crippen LogP contribution in [-0.2, 0) is 6.54 Å². The summed E-state index contributed by atoms with van der Waals surface area (Å²) in [6.07, 6.45) is 1.67. The Morgan fingerprint density at radius 3 is 2.50 bits per heavy atom. The fourth-order valence-corrected chi connectivity index (χ4v) is 1.81. The van der Waals surface area contributed by atoms with Crippen LogP contribution in [0.1, 0.15) is 26.3 Å². The van der Waals surface area contributed by atoms with Crippen LogP contribution < -0.4 is 14.8 Å². The molecule has 0 aliphatic carbocycles. The predicted molar refractivity (Wildman–Crippen MR) is 87.5 cm³/mol. The van der Waals surface area contributed by atoms with E-state index in [0.29, 0.717) is 23.1 Å². The lowest BCUT2D eigenvalue weighted by atomic mass is 10.1. The van der Waals surface area contributed by atoms with Crippen molar-refractivity contribution in [3.05, 3.63) is 35.4 Å². The largest absolute Gasteiger partial charge is 0.493 e. The molecule has 0 amide bonds. The molecule has 3 nitrogen and oxygen atoms in total. The molecule has 1 N–H and O–H groups in total. The minimum atomic E-state index is 0. The van der Waals surface area contributed by atoms with Crippen molar-refractivity contribution in [2.24, 2.45) is 0 Å². The molecule has 1 rings (SSSR count). The second-order valence-electron chi connectivity index (χ2n) is 5.31. The third-order valence-corrected chi connectivity index (χ3v) is 2.74. The van der Waals surface area contributed by atoms with Gasteiger partial charge in [-0.3, -0.25) is 0 Å². The van der Waals surface area contributed by atoms with Gasteiger partial charge >= 0.3 is 0 Å². The molecule has 0 saturated heterocycles. The summed E-state index contributed by atoms with van der Waals surface area (Å²) in [5.41, 5.74) is 1.11. The van der Waals surface area contributed by atoms with Crippen molar-refractivity contribution in [3.8, 4) is 11.5 Å². The molecule has 0 aromatic heterocycles. The Kier molecular flexibility index (Phi) is 8.02. The predicted octanol–water partition coefficient (Wildman–Crippen LogP) is 4.22. The zero-order valence-corrected chi connectivity index (χ0v) is 14.0. The summed E-state index contributed by atoms with van der Waals surface area (Å²) in [6, 6.07) is 3.82. The number of hydrogen-bond donors (Lipinski definition) is 1. The van der Waals surface area contributed by atoms with Gasteiger partial charge in [-0.1, -0.05) is 24.3 Å². The number of hydrogen-bond acceptors (Lipinski definition) is 3. The first-order valence-electron chi connectivity index (χ1n) is 6.22. The highest BCUT2D eigenvalue weighted by Gasteiger charge is 2.13. The molecular weight excluding hydrogens is 297 g/mol. The molecule has 1 aromatic rings. The van der Waals surface area contributed by atoms with E-state index in [9.17, 15) is 0 Å². The Morgan fingerprint density at radius 1 is 1.35 bits per heavy atom. The first-order chi connectivity index (χ1) is 8.87. The minimum Gasteiger partial charge on any atom is -0.493 e. The van der Waals surface area contributed by atoms with Crippen molar-refractivity contribution in [3.63, 3.8) is 0 Å². The van der Waals surface area contributed by atoms with E-state index in [4.69, 9.17) is 21.1 Å². The second kappa shape index (κ2) is 8.40. The number of methoxy groups -OCH3 is 1. The normalized spacial score (nSPS) is 10.7. The highest BCUT2D eigenvalue weighted by Crippen LogP contribution is 2.36. The van der Waals surface area contributed by atoms with Gasteiger partial charge < -0.3 is 14.8 Å². The molecule has 0 aliphatic rings. The van der Waals surface area contributed by atoms with Crippen molar-refractivity contribution in [2.75, 3.05) is 13.7 Å². The van der Waals surface area contributed by atoms with Gasteiger partial charge in [0.25, 0.3) is 0 Å².